The highest BCUT2D eigenvalue weighted by molar-refractivity contribution is 7.13. The Morgan fingerprint density at radius 1 is 1.28 bits per heavy atom. The van der Waals surface area contributed by atoms with Gasteiger partial charge in [-0.3, -0.25) is 14.6 Å². The average molecular weight is 360 g/mol. The molecule has 1 unspecified atom stereocenters. The molecular weight excluding hydrogens is 336 g/mol. The van der Waals surface area contributed by atoms with E-state index in [9.17, 15) is 4.79 Å². The minimum absolute atomic E-state index is 0.0151. The van der Waals surface area contributed by atoms with Crippen LogP contribution in [0.15, 0.2) is 15.9 Å². The summed E-state index contributed by atoms with van der Waals surface area (Å²) >= 11 is 1.66. The lowest BCUT2D eigenvalue weighted by atomic mass is 10.1. The molecule has 0 radical (unpaired) electrons. The molecule has 0 N–H and O–H groups in total. The smallest absolute Gasteiger partial charge is 0.241 e. The molecule has 2 aromatic heterocycles. The van der Waals surface area contributed by atoms with Crippen molar-refractivity contribution in [2.45, 2.75) is 26.4 Å². The van der Waals surface area contributed by atoms with Crippen molar-refractivity contribution in [1.82, 2.24) is 19.7 Å². The maximum Gasteiger partial charge on any atom is 0.241 e. The molecule has 0 saturated carbocycles. The van der Waals surface area contributed by atoms with Crippen molar-refractivity contribution in [2.75, 3.05) is 39.8 Å². The lowest BCUT2D eigenvalue weighted by molar-refractivity contribution is -0.143. The molecule has 0 bridgehead atoms. The average Bonchev–Trinajstić information content (AvgIpc) is 3.17. The summed E-state index contributed by atoms with van der Waals surface area (Å²) in [4.78, 5) is 24.8. The molecule has 1 atom stereocenters. The van der Waals surface area contributed by atoms with Crippen LogP contribution >= 0.6 is 11.3 Å². The molecule has 6 nitrogen and oxygen atoms in total. The highest BCUT2D eigenvalue weighted by atomic mass is 32.1. The molecular formula is C18H24N4O2S. The minimum Gasteiger partial charge on any atom is -0.440 e. The van der Waals surface area contributed by atoms with Crippen molar-refractivity contribution >= 4 is 17.2 Å². The molecule has 134 valence electrons. The normalized spacial score (nSPS) is 22.4. The Kier molecular flexibility index (Phi) is 4.39. The van der Waals surface area contributed by atoms with Crippen LogP contribution in [-0.4, -0.2) is 71.4 Å². The third kappa shape index (κ3) is 3.12. The van der Waals surface area contributed by atoms with Crippen molar-refractivity contribution in [1.29, 1.82) is 0 Å². The number of carbonyl (C=O) groups excluding carboxylic acids is 1. The summed E-state index contributed by atoms with van der Waals surface area (Å²) in [6.07, 6.45) is 0. The van der Waals surface area contributed by atoms with Gasteiger partial charge in [-0.05, 0) is 30.9 Å². The van der Waals surface area contributed by atoms with Crippen LogP contribution in [0.1, 0.15) is 17.0 Å². The van der Waals surface area contributed by atoms with Gasteiger partial charge in [-0.15, -0.1) is 11.3 Å². The van der Waals surface area contributed by atoms with Crippen LogP contribution in [0.5, 0.6) is 0 Å². The Bertz CT molecular complexity index is 784. The number of amides is 1. The third-order valence-electron chi connectivity index (χ3n) is 5.28. The maximum absolute atomic E-state index is 12.4. The van der Waals surface area contributed by atoms with Crippen LogP contribution in [0.2, 0.25) is 0 Å². The van der Waals surface area contributed by atoms with E-state index in [-0.39, 0.29) is 11.9 Å². The topological polar surface area (TPSA) is 52.8 Å². The van der Waals surface area contributed by atoms with E-state index in [4.69, 9.17) is 9.40 Å². The van der Waals surface area contributed by atoms with Crippen molar-refractivity contribution in [3.8, 4) is 10.8 Å². The summed E-state index contributed by atoms with van der Waals surface area (Å²) in [7, 11) is 1.90. The summed E-state index contributed by atoms with van der Waals surface area (Å²) in [6.45, 7) is 9.28. The van der Waals surface area contributed by atoms with E-state index in [0.717, 1.165) is 55.6 Å². The van der Waals surface area contributed by atoms with E-state index in [1.165, 1.54) is 5.56 Å². The summed E-state index contributed by atoms with van der Waals surface area (Å²) in [5.41, 5.74) is 2.18. The largest absolute Gasteiger partial charge is 0.440 e. The SMILES string of the molecule is Cc1ccsc1-c1nc(CN2CCN3CCN(C)C(=O)C3C2)c(C)o1. The monoisotopic (exact) mass is 360 g/mol. The number of hydrogen-bond donors (Lipinski definition) is 0. The quantitative estimate of drug-likeness (QED) is 0.838. The standard InChI is InChI=1S/C18H24N4O2S/c1-12-4-9-25-16(12)17-19-14(13(2)24-17)10-21-6-8-22-7-5-20(3)18(23)15(22)11-21/h4,9,15H,5-8,10-11H2,1-3H3. The molecule has 0 aromatic carbocycles. The lowest BCUT2D eigenvalue weighted by Crippen LogP contribution is -2.63. The number of carbonyl (C=O) groups is 1. The summed E-state index contributed by atoms with van der Waals surface area (Å²) < 4.78 is 5.91. The minimum atomic E-state index is -0.0151. The van der Waals surface area contributed by atoms with Crippen molar-refractivity contribution in [2.24, 2.45) is 0 Å². The van der Waals surface area contributed by atoms with Gasteiger partial charge in [0.15, 0.2) is 0 Å². The Morgan fingerprint density at radius 3 is 2.84 bits per heavy atom. The summed E-state index contributed by atoms with van der Waals surface area (Å²) in [6, 6.07) is 2.07. The Balaban J connectivity index is 1.49. The number of piperazine rings is 2. The molecule has 7 heteroatoms. The van der Waals surface area contributed by atoms with Crippen LogP contribution in [-0.2, 0) is 11.3 Å². The molecule has 1 amide bonds. The first-order valence-electron chi connectivity index (χ1n) is 8.75. The second-order valence-electron chi connectivity index (χ2n) is 7.00. The first-order valence-corrected chi connectivity index (χ1v) is 9.63. The molecule has 2 fully saturated rings. The fraction of sp³-hybridized carbons (Fsp3) is 0.556. The van der Waals surface area contributed by atoms with Gasteiger partial charge in [0, 0.05) is 46.3 Å². The van der Waals surface area contributed by atoms with Gasteiger partial charge in [-0.2, -0.15) is 0 Å². The fourth-order valence-corrected chi connectivity index (χ4v) is 4.49. The van der Waals surface area contributed by atoms with Gasteiger partial charge in [0.05, 0.1) is 10.6 Å². The molecule has 0 spiro atoms. The number of likely N-dealkylation sites (N-methyl/N-ethyl adjacent to an activating group) is 1. The van der Waals surface area contributed by atoms with Gasteiger partial charge >= 0.3 is 0 Å². The predicted octanol–water partition coefficient (Wildman–Crippen LogP) is 1.98. The number of fused-ring (bicyclic) bond motifs is 1. The number of hydrogen-bond acceptors (Lipinski definition) is 6. The van der Waals surface area contributed by atoms with Crippen molar-refractivity contribution < 1.29 is 9.21 Å². The third-order valence-corrected chi connectivity index (χ3v) is 6.29. The van der Waals surface area contributed by atoms with Gasteiger partial charge in [-0.25, -0.2) is 4.98 Å². The number of aromatic nitrogens is 1. The Labute approximate surface area is 152 Å². The Morgan fingerprint density at radius 2 is 2.08 bits per heavy atom. The molecule has 25 heavy (non-hydrogen) atoms. The zero-order valence-electron chi connectivity index (χ0n) is 15.0. The highest BCUT2D eigenvalue weighted by Gasteiger charge is 2.37. The van der Waals surface area contributed by atoms with E-state index in [1.807, 2.05) is 18.9 Å². The molecule has 4 rings (SSSR count). The van der Waals surface area contributed by atoms with Crippen LogP contribution in [0, 0.1) is 13.8 Å². The number of thiophene rings is 1. The first-order chi connectivity index (χ1) is 12.0. The van der Waals surface area contributed by atoms with E-state index in [0.29, 0.717) is 5.89 Å². The summed E-state index contributed by atoms with van der Waals surface area (Å²) in [5, 5.41) is 2.06. The number of aryl methyl sites for hydroxylation is 2. The molecule has 2 aliphatic rings. The van der Waals surface area contributed by atoms with E-state index in [1.54, 1.807) is 11.3 Å². The second kappa shape index (κ2) is 6.55. The van der Waals surface area contributed by atoms with Crippen LogP contribution in [0.25, 0.3) is 10.8 Å². The zero-order chi connectivity index (χ0) is 17.6. The van der Waals surface area contributed by atoms with Gasteiger partial charge < -0.3 is 9.32 Å². The van der Waals surface area contributed by atoms with Crippen molar-refractivity contribution in [3.05, 3.63) is 28.5 Å². The predicted molar refractivity (Wildman–Crippen MR) is 97.6 cm³/mol. The van der Waals surface area contributed by atoms with E-state index < -0.39 is 0 Å². The second-order valence-corrected chi connectivity index (χ2v) is 7.92. The molecule has 4 heterocycles. The van der Waals surface area contributed by atoms with Gasteiger partial charge in [0.1, 0.15) is 11.8 Å². The highest BCUT2D eigenvalue weighted by Crippen LogP contribution is 2.30. The fourth-order valence-electron chi connectivity index (χ4n) is 3.64. The van der Waals surface area contributed by atoms with Gasteiger partial charge in [0.25, 0.3) is 0 Å². The first kappa shape index (κ1) is 16.8. The number of rotatable bonds is 3. The van der Waals surface area contributed by atoms with Crippen LogP contribution in [0.3, 0.4) is 0 Å². The summed E-state index contributed by atoms with van der Waals surface area (Å²) in [5.74, 6) is 1.83. The molecule has 2 saturated heterocycles. The Hall–Kier alpha value is -1.70. The molecule has 0 aliphatic carbocycles. The molecule has 2 aromatic rings. The lowest BCUT2D eigenvalue weighted by Gasteiger charge is -2.45. The number of nitrogens with zero attached hydrogens (tertiary/aromatic N) is 4. The van der Waals surface area contributed by atoms with Gasteiger partial charge in [0.2, 0.25) is 11.8 Å². The maximum atomic E-state index is 12.4. The van der Waals surface area contributed by atoms with Gasteiger partial charge in [-0.1, -0.05) is 0 Å². The number of oxazole rings is 1. The molecule has 2 aliphatic heterocycles. The van der Waals surface area contributed by atoms with E-state index in [2.05, 4.69) is 28.2 Å². The van der Waals surface area contributed by atoms with Crippen LogP contribution < -0.4 is 0 Å². The van der Waals surface area contributed by atoms with Crippen LogP contribution in [0.4, 0.5) is 0 Å². The zero-order valence-corrected chi connectivity index (χ0v) is 15.8. The van der Waals surface area contributed by atoms with Crippen molar-refractivity contribution in [3.63, 3.8) is 0 Å². The van der Waals surface area contributed by atoms with E-state index >= 15 is 0 Å².